The van der Waals surface area contributed by atoms with Crippen molar-refractivity contribution in [3.63, 3.8) is 0 Å². The highest BCUT2D eigenvalue weighted by Crippen LogP contribution is 2.20. The van der Waals surface area contributed by atoms with Gasteiger partial charge in [-0.05, 0) is 37.1 Å². The van der Waals surface area contributed by atoms with Gasteiger partial charge < -0.3 is 10.6 Å². The van der Waals surface area contributed by atoms with Gasteiger partial charge in [0.05, 0.1) is 17.5 Å². The summed E-state index contributed by atoms with van der Waals surface area (Å²) in [7, 11) is -3.85. The van der Waals surface area contributed by atoms with E-state index in [4.69, 9.17) is 0 Å². The van der Waals surface area contributed by atoms with Gasteiger partial charge in [-0.2, -0.15) is 4.31 Å². The van der Waals surface area contributed by atoms with E-state index < -0.39 is 10.0 Å². The second kappa shape index (κ2) is 8.75. The van der Waals surface area contributed by atoms with E-state index in [1.807, 2.05) is 38.1 Å². The summed E-state index contributed by atoms with van der Waals surface area (Å²) in [5, 5.41) is 5.58. The molecule has 0 aliphatic carbocycles. The molecule has 29 heavy (non-hydrogen) atoms. The van der Waals surface area contributed by atoms with Gasteiger partial charge in [-0.25, -0.2) is 8.42 Å². The van der Waals surface area contributed by atoms with Gasteiger partial charge in [0.15, 0.2) is 0 Å². The van der Waals surface area contributed by atoms with Crippen LogP contribution in [0.4, 0.5) is 0 Å². The lowest BCUT2D eigenvalue weighted by molar-refractivity contribution is -0.122. The first-order valence-corrected chi connectivity index (χ1v) is 11.0. The summed E-state index contributed by atoms with van der Waals surface area (Å²) >= 11 is 0. The van der Waals surface area contributed by atoms with Crippen LogP contribution in [0, 0.1) is 6.92 Å². The molecule has 2 aromatic rings. The van der Waals surface area contributed by atoms with E-state index >= 15 is 0 Å². The zero-order valence-corrected chi connectivity index (χ0v) is 17.3. The predicted octanol–water partition coefficient (Wildman–Crippen LogP) is 2.00. The fourth-order valence-corrected chi connectivity index (χ4v) is 4.67. The Balaban J connectivity index is 1.80. The summed E-state index contributed by atoms with van der Waals surface area (Å²) in [5.74, 6) is -0.677. The maximum atomic E-state index is 12.9. The van der Waals surface area contributed by atoms with Gasteiger partial charge >= 0.3 is 0 Å². The lowest BCUT2D eigenvalue weighted by Gasteiger charge is -2.26. The highest BCUT2D eigenvalue weighted by Gasteiger charge is 2.29. The Kier molecular flexibility index (Phi) is 6.34. The Morgan fingerprint density at radius 3 is 2.59 bits per heavy atom. The Bertz CT molecular complexity index is 1000. The summed E-state index contributed by atoms with van der Waals surface area (Å²) in [5.41, 5.74) is 2.40. The third-order valence-corrected chi connectivity index (χ3v) is 6.77. The zero-order chi connectivity index (χ0) is 21.0. The number of carbonyl (C=O) groups is 2. The van der Waals surface area contributed by atoms with E-state index in [9.17, 15) is 18.0 Å². The summed E-state index contributed by atoms with van der Waals surface area (Å²) in [6.45, 7) is 4.24. The first-order valence-electron chi connectivity index (χ1n) is 9.55. The van der Waals surface area contributed by atoms with Gasteiger partial charge in [-0.15, -0.1) is 0 Å². The number of benzene rings is 2. The Morgan fingerprint density at radius 2 is 1.93 bits per heavy atom. The molecule has 1 atom stereocenters. The molecule has 0 saturated carbocycles. The first kappa shape index (κ1) is 21.0. The summed E-state index contributed by atoms with van der Waals surface area (Å²) < 4.78 is 26.8. The van der Waals surface area contributed by atoms with Crippen molar-refractivity contribution >= 4 is 21.8 Å². The van der Waals surface area contributed by atoms with Gasteiger partial charge in [0.25, 0.3) is 5.91 Å². The number of amides is 2. The van der Waals surface area contributed by atoms with E-state index in [0.29, 0.717) is 6.42 Å². The van der Waals surface area contributed by atoms with Crippen molar-refractivity contribution in [1.82, 2.24) is 14.9 Å². The zero-order valence-electron chi connectivity index (χ0n) is 16.5. The topological polar surface area (TPSA) is 95.6 Å². The standard InChI is InChI=1S/C21H25N3O4S/c1-3-19(16-9-7-15(2)8-10-16)23-21(26)17-5-4-6-18(13-17)29(27,28)24-12-11-22-20(25)14-24/h4-10,13,19H,3,11-12,14H2,1-2H3,(H,22,25)(H,23,26). The van der Waals surface area contributed by atoms with Crippen LogP contribution in [0.15, 0.2) is 53.4 Å². The fourth-order valence-electron chi connectivity index (χ4n) is 3.23. The smallest absolute Gasteiger partial charge is 0.251 e. The Labute approximate surface area is 171 Å². The number of carbonyl (C=O) groups excluding carboxylic acids is 2. The molecule has 2 N–H and O–H groups in total. The molecular formula is C21H25N3O4S. The molecular weight excluding hydrogens is 390 g/mol. The minimum Gasteiger partial charge on any atom is -0.354 e. The van der Waals surface area contributed by atoms with E-state index in [0.717, 1.165) is 15.4 Å². The van der Waals surface area contributed by atoms with Gasteiger partial charge in [-0.1, -0.05) is 42.8 Å². The van der Waals surface area contributed by atoms with Crippen LogP contribution in [-0.4, -0.2) is 44.2 Å². The summed E-state index contributed by atoms with van der Waals surface area (Å²) in [6.07, 6.45) is 0.704. The van der Waals surface area contributed by atoms with Gasteiger partial charge in [0, 0.05) is 18.7 Å². The molecule has 7 nitrogen and oxygen atoms in total. The number of hydrogen-bond acceptors (Lipinski definition) is 4. The average Bonchev–Trinajstić information content (AvgIpc) is 2.72. The molecule has 0 radical (unpaired) electrons. The molecule has 0 spiro atoms. The highest BCUT2D eigenvalue weighted by atomic mass is 32.2. The number of nitrogens with one attached hydrogen (secondary N) is 2. The molecule has 0 bridgehead atoms. The molecule has 1 unspecified atom stereocenters. The largest absolute Gasteiger partial charge is 0.354 e. The minimum atomic E-state index is -3.85. The summed E-state index contributed by atoms with van der Waals surface area (Å²) in [4.78, 5) is 24.3. The van der Waals surface area contributed by atoms with Crippen LogP contribution in [0.5, 0.6) is 0 Å². The molecule has 1 aliphatic rings. The van der Waals surface area contributed by atoms with Crippen molar-refractivity contribution in [2.45, 2.75) is 31.2 Å². The Hall–Kier alpha value is -2.71. The number of piperazine rings is 1. The lowest BCUT2D eigenvalue weighted by atomic mass is 10.0. The number of nitrogens with zero attached hydrogens (tertiary/aromatic N) is 1. The van der Waals surface area contributed by atoms with Gasteiger partial charge in [0.2, 0.25) is 15.9 Å². The van der Waals surface area contributed by atoms with Crippen LogP contribution >= 0.6 is 0 Å². The van der Waals surface area contributed by atoms with Crippen molar-refractivity contribution in [2.24, 2.45) is 0 Å². The SMILES string of the molecule is CCC(NC(=O)c1cccc(S(=O)(=O)N2CCNC(=O)C2)c1)c1ccc(C)cc1. The average molecular weight is 416 g/mol. The molecule has 2 amide bonds. The number of rotatable bonds is 6. The quantitative estimate of drug-likeness (QED) is 0.754. The van der Waals surface area contributed by atoms with E-state index in [2.05, 4.69) is 10.6 Å². The van der Waals surface area contributed by atoms with Crippen molar-refractivity contribution in [3.8, 4) is 0 Å². The second-order valence-electron chi connectivity index (χ2n) is 7.06. The van der Waals surface area contributed by atoms with Gasteiger partial charge in [-0.3, -0.25) is 9.59 Å². The minimum absolute atomic E-state index is 0.00299. The molecule has 3 rings (SSSR count). The molecule has 8 heteroatoms. The maximum Gasteiger partial charge on any atom is 0.251 e. The molecule has 1 heterocycles. The first-order chi connectivity index (χ1) is 13.8. The van der Waals surface area contributed by atoms with Crippen molar-refractivity contribution in [2.75, 3.05) is 19.6 Å². The number of aryl methyl sites for hydroxylation is 1. The van der Waals surface area contributed by atoms with E-state index in [1.165, 1.54) is 12.1 Å². The highest BCUT2D eigenvalue weighted by molar-refractivity contribution is 7.89. The maximum absolute atomic E-state index is 12.9. The molecule has 0 aromatic heterocycles. The van der Waals surface area contributed by atoms with Crippen LogP contribution in [0.3, 0.4) is 0 Å². The molecule has 1 fully saturated rings. The fraction of sp³-hybridized carbons (Fsp3) is 0.333. The Morgan fingerprint density at radius 1 is 1.21 bits per heavy atom. The third kappa shape index (κ3) is 4.83. The van der Waals surface area contributed by atoms with Crippen LogP contribution < -0.4 is 10.6 Å². The second-order valence-corrected chi connectivity index (χ2v) is 9.00. The van der Waals surface area contributed by atoms with E-state index in [-0.39, 0.29) is 47.9 Å². The van der Waals surface area contributed by atoms with Crippen LogP contribution in [0.25, 0.3) is 0 Å². The van der Waals surface area contributed by atoms with Crippen molar-refractivity contribution < 1.29 is 18.0 Å². The number of hydrogen-bond donors (Lipinski definition) is 2. The van der Waals surface area contributed by atoms with Crippen LogP contribution in [0.2, 0.25) is 0 Å². The molecule has 2 aromatic carbocycles. The third-order valence-electron chi connectivity index (χ3n) is 4.93. The van der Waals surface area contributed by atoms with Crippen molar-refractivity contribution in [3.05, 3.63) is 65.2 Å². The number of sulfonamides is 1. The van der Waals surface area contributed by atoms with Gasteiger partial charge in [0.1, 0.15) is 0 Å². The van der Waals surface area contributed by atoms with Crippen LogP contribution in [0.1, 0.15) is 40.9 Å². The molecule has 154 valence electrons. The summed E-state index contributed by atoms with van der Waals surface area (Å²) in [6, 6.07) is 13.7. The van der Waals surface area contributed by atoms with Crippen molar-refractivity contribution in [1.29, 1.82) is 0 Å². The normalized spacial score (nSPS) is 16.1. The van der Waals surface area contributed by atoms with Crippen LogP contribution in [-0.2, 0) is 14.8 Å². The monoisotopic (exact) mass is 415 g/mol. The molecule has 1 aliphatic heterocycles. The lowest BCUT2D eigenvalue weighted by Crippen LogP contribution is -2.49. The predicted molar refractivity (Wildman–Crippen MR) is 110 cm³/mol. The molecule has 1 saturated heterocycles. The van der Waals surface area contributed by atoms with E-state index in [1.54, 1.807) is 12.1 Å².